The second-order valence-corrected chi connectivity index (χ2v) is 11.0. The van der Waals surface area contributed by atoms with E-state index in [0.717, 1.165) is 11.1 Å². The van der Waals surface area contributed by atoms with E-state index in [1.807, 2.05) is 13.1 Å². The largest absolute Gasteiger partial charge is 0.504 e. The van der Waals surface area contributed by atoms with Gasteiger partial charge in [-0.05, 0) is 51.1 Å². The summed E-state index contributed by atoms with van der Waals surface area (Å²) in [5.41, 5.74) is -0.0162. The number of ether oxygens (including phenoxy) is 4. The lowest BCUT2D eigenvalue weighted by molar-refractivity contribution is -0.181. The number of benzene rings is 2. The van der Waals surface area contributed by atoms with E-state index in [1.54, 1.807) is 42.5 Å². The van der Waals surface area contributed by atoms with Gasteiger partial charge in [0.1, 0.15) is 5.76 Å². The summed E-state index contributed by atoms with van der Waals surface area (Å²) in [7, 11) is 1.99. The first kappa shape index (κ1) is 26.3. The van der Waals surface area contributed by atoms with Crippen LogP contribution in [0.2, 0.25) is 0 Å². The van der Waals surface area contributed by atoms with Crippen LogP contribution in [0.15, 0.2) is 54.3 Å². The number of carbonyl (C=O) groups is 3. The number of phenols is 1. The van der Waals surface area contributed by atoms with Gasteiger partial charge >= 0.3 is 17.9 Å². The molecule has 0 aromatic heterocycles. The van der Waals surface area contributed by atoms with Gasteiger partial charge in [-0.3, -0.25) is 4.79 Å². The first-order valence-corrected chi connectivity index (χ1v) is 13.4. The molecule has 10 nitrogen and oxygen atoms in total. The van der Waals surface area contributed by atoms with Crippen molar-refractivity contribution in [1.82, 2.24) is 4.90 Å². The molecule has 0 amide bonds. The average molecular weight is 550 g/mol. The van der Waals surface area contributed by atoms with Crippen molar-refractivity contribution in [2.24, 2.45) is 0 Å². The van der Waals surface area contributed by atoms with Gasteiger partial charge in [0.15, 0.2) is 23.7 Å². The van der Waals surface area contributed by atoms with Crippen LogP contribution in [0.4, 0.5) is 0 Å². The molecule has 2 aliphatic carbocycles. The molecule has 2 aliphatic heterocycles. The molecule has 0 saturated carbocycles. The monoisotopic (exact) mass is 549 g/mol. The number of aliphatic hydroxyl groups is 1. The van der Waals surface area contributed by atoms with Crippen LogP contribution in [0.25, 0.3) is 0 Å². The van der Waals surface area contributed by atoms with Gasteiger partial charge in [-0.2, -0.15) is 0 Å². The number of hydrogen-bond acceptors (Lipinski definition) is 10. The Kier molecular flexibility index (Phi) is 6.15. The molecule has 2 aromatic carbocycles. The van der Waals surface area contributed by atoms with Crippen molar-refractivity contribution < 1.29 is 43.5 Å². The van der Waals surface area contributed by atoms with E-state index in [0.29, 0.717) is 30.7 Å². The molecule has 4 aliphatic rings. The van der Waals surface area contributed by atoms with Gasteiger partial charge in [-0.25, -0.2) is 9.59 Å². The van der Waals surface area contributed by atoms with Crippen LogP contribution in [-0.4, -0.2) is 70.5 Å². The van der Waals surface area contributed by atoms with E-state index in [1.165, 1.54) is 13.8 Å². The normalized spacial score (nSPS) is 29.2. The van der Waals surface area contributed by atoms with Gasteiger partial charge in [-0.15, -0.1) is 0 Å². The third-order valence-corrected chi connectivity index (χ3v) is 8.80. The number of likely N-dealkylation sites (tertiary alicyclic amines) is 1. The summed E-state index contributed by atoms with van der Waals surface area (Å²) in [5.74, 6) is -1.99. The number of aromatic hydroxyl groups is 1. The topological polar surface area (TPSA) is 132 Å². The lowest BCUT2D eigenvalue weighted by Gasteiger charge is -2.61. The number of esters is 3. The minimum atomic E-state index is -1.45. The zero-order valence-corrected chi connectivity index (χ0v) is 22.5. The number of nitrogens with zero attached hydrogens (tertiary/aromatic N) is 1. The second kappa shape index (κ2) is 9.35. The predicted molar refractivity (Wildman–Crippen MR) is 139 cm³/mol. The lowest BCUT2D eigenvalue weighted by Crippen LogP contribution is -2.74. The van der Waals surface area contributed by atoms with Gasteiger partial charge in [-0.1, -0.05) is 36.4 Å². The maximum Gasteiger partial charge on any atom is 0.357 e. The first-order chi connectivity index (χ1) is 19.1. The molecule has 2 bridgehead atoms. The third-order valence-electron chi connectivity index (χ3n) is 8.80. The summed E-state index contributed by atoms with van der Waals surface area (Å²) in [5, 5.41) is 23.0. The van der Waals surface area contributed by atoms with Crippen LogP contribution >= 0.6 is 0 Å². The van der Waals surface area contributed by atoms with Gasteiger partial charge in [0.25, 0.3) is 0 Å². The summed E-state index contributed by atoms with van der Waals surface area (Å²) in [6.45, 7) is 3.21. The van der Waals surface area contributed by atoms with E-state index in [4.69, 9.17) is 18.9 Å². The second-order valence-electron chi connectivity index (χ2n) is 11.0. The number of phenolic OH excluding ortho intramolecular Hbond substituents is 1. The van der Waals surface area contributed by atoms with Gasteiger partial charge in [0.2, 0.25) is 6.10 Å². The standard InChI is InChI=1S/C30H31NO9/c1-16(37-17(2)32)27(34)40-24(18-7-5-4-6-8-18)28(35)38-21-11-12-30(36)22-15-19-9-10-20(33)25-23(19)29(30,26(21)39-25)13-14-31(22)3/h4-11,16,22,24,26,33,36H,12-15H2,1-3H3/t16?,22-,24?,26+,29+,30-/m1/s1. The van der Waals surface area contributed by atoms with Crippen molar-refractivity contribution >= 4 is 17.9 Å². The molecular formula is C30H31NO9. The van der Waals surface area contributed by atoms with Crippen molar-refractivity contribution in [3.05, 3.63) is 71.0 Å². The van der Waals surface area contributed by atoms with Gasteiger partial charge in [0.05, 0.1) is 11.0 Å². The molecule has 1 saturated heterocycles. The number of likely N-dealkylation sites (N-methyl/N-ethyl adjacent to an activating group) is 1. The Hall–Kier alpha value is -3.89. The fourth-order valence-corrected chi connectivity index (χ4v) is 7.00. The highest BCUT2D eigenvalue weighted by atomic mass is 16.6. The predicted octanol–water partition coefficient (Wildman–Crippen LogP) is 2.45. The minimum absolute atomic E-state index is 0.0384. The summed E-state index contributed by atoms with van der Waals surface area (Å²) >= 11 is 0. The van der Waals surface area contributed by atoms with Crippen molar-refractivity contribution in [3.8, 4) is 11.5 Å². The Labute approximate surface area is 231 Å². The zero-order chi connectivity index (χ0) is 28.4. The van der Waals surface area contributed by atoms with Crippen LogP contribution in [-0.2, 0) is 40.4 Å². The molecule has 6 atom stereocenters. The summed E-state index contributed by atoms with van der Waals surface area (Å²) < 4.78 is 22.7. The fourth-order valence-electron chi connectivity index (χ4n) is 7.00. The third kappa shape index (κ3) is 3.73. The zero-order valence-electron chi connectivity index (χ0n) is 22.5. The van der Waals surface area contributed by atoms with E-state index in [9.17, 15) is 24.6 Å². The lowest BCUT2D eigenvalue weighted by atomic mass is 9.50. The van der Waals surface area contributed by atoms with Gasteiger partial charge < -0.3 is 34.1 Å². The van der Waals surface area contributed by atoms with Crippen LogP contribution in [0.3, 0.4) is 0 Å². The Morgan fingerprint density at radius 2 is 1.85 bits per heavy atom. The maximum atomic E-state index is 13.7. The molecule has 2 heterocycles. The summed E-state index contributed by atoms with van der Waals surface area (Å²) in [6.07, 6.45) is -0.563. The van der Waals surface area contributed by atoms with Crippen LogP contribution in [0.1, 0.15) is 49.5 Å². The summed E-state index contributed by atoms with van der Waals surface area (Å²) in [6, 6.07) is 11.7. The molecule has 210 valence electrons. The maximum absolute atomic E-state index is 13.7. The number of rotatable bonds is 6. The van der Waals surface area contributed by atoms with Crippen molar-refractivity contribution in [1.29, 1.82) is 0 Å². The molecule has 6 rings (SSSR count). The first-order valence-electron chi connectivity index (χ1n) is 13.4. The van der Waals surface area contributed by atoms with E-state index in [2.05, 4.69) is 4.90 Å². The molecule has 1 fully saturated rings. The summed E-state index contributed by atoms with van der Waals surface area (Å²) in [4.78, 5) is 39.9. The fraction of sp³-hybridized carbons (Fsp3) is 0.433. The molecule has 2 aromatic rings. The van der Waals surface area contributed by atoms with E-state index >= 15 is 0 Å². The molecule has 40 heavy (non-hydrogen) atoms. The number of piperidine rings is 1. The number of hydrogen-bond donors (Lipinski definition) is 2. The highest BCUT2D eigenvalue weighted by molar-refractivity contribution is 5.84. The SMILES string of the molecule is CC(=O)OC(C)C(=O)OC(C(=O)OC1=CC[C@@]2(O)[C@H]3Cc4ccc(O)c5c4[C@@]2(CCN3C)[C@H]1O5)c1ccccc1. The van der Waals surface area contributed by atoms with Crippen molar-refractivity contribution in [3.63, 3.8) is 0 Å². The Balaban J connectivity index is 1.35. The Morgan fingerprint density at radius 3 is 2.58 bits per heavy atom. The minimum Gasteiger partial charge on any atom is -0.504 e. The molecule has 0 radical (unpaired) electrons. The molecule has 1 spiro atoms. The average Bonchev–Trinajstić information content (AvgIpc) is 3.28. The Morgan fingerprint density at radius 1 is 1.10 bits per heavy atom. The molecular weight excluding hydrogens is 518 g/mol. The van der Waals surface area contributed by atoms with Gasteiger partial charge in [0, 0.05) is 30.5 Å². The van der Waals surface area contributed by atoms with Crippen molar-refractivity contribution in [2.75, 3.05) is 13.6 Å². The highest BCUT2D eigenvalue weighted by Gasteiger charge is 2.72. The van der Waals surface area contributed by atoms with Crippen LogP contribution in [0.5, 0.6) is 11.5 Å². The van der Waals surface area contributed by atoms with Crippen LogP contribution < -0.4 is 4.74 Å². The molecule has 10 heteroatoms. The molecule has 2 N–H and O–H groups in total. The van der Waals surface area contributed by atoms with E-state index in [-0.39, 0.29) is 24.0 Å². The Bertz CT molecular complexity index is 1420. The van der Waals surface area contributed by atoms with Crippen molar-refractivity contribution in [2.45, 2.75) is 68.5 Å². The van der Waals surface area contributed by atoms with E-state index < -0.39 is 47.2 Å². The number of carbonyl (C=O) groups excluding carboxylic acids is 3. The highest BCUT2D eigenvalue weighted by Crippen LogP contribution is 2.65. The smallest absolute Gasteiger partial charge is 0.357 e. The quantitative estimate of drug-likeness (QED) is 0.409. The van der Waals surface area contributed by atoms with Crippen LogP contribution in [0, 0.1) is 0 Å². The molecule has 2 unspecified atom stereocenters.